The van der Waals surface area contributed by atoms with Crippen LogP contribution in [0.1, 0.15) is 33.6 Å². The van der Waals surface area contributed by atoms with Crippen LogP contribution in [0.5, 0.6) is 0 Å². The lowest BCUT2D eigenvalue weighted by molar-refractivity contribution is -0.118. The number of amides is 1. The van der Waals surface area contributed by atoms with Gasteiger partial charge in [0.2, 0.25) is 5.91 Å². The van der Waals surface area contributed by atoms with Crippen LogP contribution in [0.2, 0.25) is 0 Å². The molecule has 0 spiro atoms. The second kappa shape index (κ2) is 8.47. The van der Waals surface area contributed by atoms with Crippen LogP contribution in [-0.4, -0.2) is 45.0 Å². The Balaban J connectivity index is 3.99. The summed E-state index contributed by atoms with van der Waals surface area (Å²) in [5.74, 6) is -0.741. The maximum atomic E-state index is 11.6. The number of carbonyl (C=O) groups is 1. The summed E-state index contributed by atoms with van der Waals surface area (Å²) in [6.07, 6.45) is 1.35. The Labute approximate surface area is 104 Å². The molecule has 0 aromatic carbocycles. The number of carbonyl (C=O) groups excluding carboxylic acids is 1. The lowest BCUT2D eigenvalue weighted by atomic mass is 10.3. The Hall–Kier alpha value is -0.620. The number of sulfone groups is 1. The van der Waals surface area contributed by atoms with Gasteiger partial charge in [-0.1, -0.05) is 13.8 Å². The fourth-order valence-corrected chi connectivity index (χ4v) is 2.75. The summed E-state index contributed by atoms with van der Waals surface area (Å²) in [4.78, 5) is 11.3. The first-order valence-electron chi connectivity index (χ1n) is 6.11. The van der Waals surface area contributed by atoms with Gasteiger partial charge in [0, 0.05) is 12.6 Å². The highest BCUT2D eigenvalue weighted by Gasteiger charge is 2.17. The molecule has 5 nitrogen and oxygen atoms in total. The van der Waals surface area contributed by atoms with Gasteiger partial charge in [0.05, 0.1) is 5.75 Å². The van der Waals surface area contributed by atoms with Gasteiger partial charge < -0.3 is 10.6 Å². The summed E-state index contributed by atoms with van der Waals surface area (Å²) < 4.78 is 23.2. The fraction of sp³-hybridized carbons (Fsp3) is 0.909. The maximum Gasteiger partial charge on any atom is 0.235 e. The molecule has 0 bridgehead atoms. The molecular formula is C11H24N2O3S. The normalized spacial score (nSPS) is 13.4. The van der Waals surface area contributed by atoms with Crippen LogP contribution < -0.4 is 10.6 Å². The zero-order valence-electron chi connectivity index (χ0n) is 11.0. The lowest BCUT2D eigenvalue weighted by Gasteiger charge is -2.12. The van der Waals surface area contributed by atoms with Gasteiger partial charge in [-0.25, -0.2) is 8.42 Å². The zero-order valence-corrected chi connectivity index (χ0v) is 11.8. The van der Waals surface area contributed by atoms with Crippen LogP contribution in [-0.2, 0) is 14.6 Å². The van der Waals surface area contributed by atoms with Crippen molar-refractivity contribution in [1.82, 2.24) is 10.6 Å². The Morgan fingerprint density at radius 1 is 1.29 bits per heavy atom. The van der Waals surface area contributed by atoms with Crippen LogP contribution in [0.15, 0.2) is 0 Å². The third-order valence-electron chi connectivity index (χ3n) is 2.34. The Morgan fingerprint density at radius 2 is 1.94 bits per heavy atom. The average Bonchev–Trinajstić information content (AvgIpc) is 2.24. The van der Waals surface area contributed by atoms with E-state index in [-0.39, 0.29) is 11.8 Å². The number of nitrogens with one attached hydrogen (secondary N) is 2. The van der Waals surface area contributed by atoms with Gasteiger partial charge in [0.15, 0.2) is 9.84 Å². The molecular weight excluding hydrogens is 240 g/mol. The van der Waals surface area contributed by atoms with Crippen LogP contribution in [0.25, 0.3) is 0 Å². The van der Waals surface area contributed by atoms with Gasteiger partial charge >= 0.3 is 0 Å². The van der Waals surface area contributed by atoms with Crippen molar-refractivity contribution in [2.45, 2.75) is 39.7 Å². The number of hydrogen-bond donors (Lipinski definition) is 2. The van der Waals surface area contributed by atoms with E-state index in [0.717, 1.165) is 13.0 Å². The molecule has 0 saturated heterocycles. The molecule has 0 rings (SSSR count). The summed E-state index contributed by atoms with van der Waals surface area (Å²) in [6.45, 7) is 7.19. The maximum absolute atomic E-state index is 11.6. The van der Waals surface area contributed by atoms with Gasteiger partial charge in [0.25, 0.3) is 0 Å². The van der Waals surface area contributed by atoms with Crippen molar-refractivity contribution in [3.05, 3.63) is 0 Å². The molecule has 102 valence electrons. The molecule has 17 heavy (non-hydrogen) atoms. The van der Waals surface area contributed by atoms with Crippen molar-refractivity contribution in [3.8, 4) is 0 Å². The molecule has 0 aliphatic heterocycles. The smallest absolute Gasteiger partial charge is 0.235 e. The van der Waals surface area contributed by atoms with Crippen LogP contribution in [0.4, 0.5) is 0 Å². The summed E-state index contributed by atoms with van der Waals surface area (Å²) in [6, 6.07) is 0.161. The largest absolute Gasteiger partial charge is 0.355 e. The quantitative estimate of drug-likeness (QED) is 0.629. The highest BCUT2D eigenvalue weighted by atomic mass is 32.2. The van der Waals surface area contributed by atoms with Crippen molar-refractivity contribution in [3.63, 3.8) is 0 Å². The minimum atomic E-state index is -3.28. The summed E-state index contributed by atoms with van der Waals surface area (Å²) in [7, 11) is -3.28. The van der Waals surface area contributed by atoms with Gasteiger partial charge in [-0.2, -0.15) is 0 Å². The molecule has 2 N–H and O–H groups in total. The van der Waals surface area contributed by atoms with Crippen LogP contribution in [0, 0.1) is 0 Å². The highest BCUT2D eigenvalue weighted by Crippen LogP contribution is 1.98. The van der Waals surface area contributed by atoms with Gasteiger partial charge in [0.1, 0.15) is 5.75 Å². The Kier molecular flexibility index (Phi) is 8.16. The monoisotopic (exact) mass is 264 g/mol. The molecule has 0 aliphatic rings. The molecule has 1 amide bonds. The first kappa shape index (κ1) is 16.4. The van der Waals surface area contributed by atoms with Crippen LogP contribution >= 0.6 is 0 Å². The first-order valence-corrected chi connectivity index (χ1v) is 7.94. The minimum Gasteiger partial charge on any atom is -0.355 e. The fourth-order valence-electron chi connectivity index (χ4n) is 1.39. The molecule has 0 fully saturated rings. The second-order valence-corrected chi connectivity index (χ2v) is 6.37. The third-order valence-corrected chi connectivity index (χ3v) is 3.90. The van der Waals surface area contributed by atoms with Crippen molar-refractivity contribution in [1.29, 1.82) is 0 Å². The minimum absolute atomic E-state index is 0.0563. The van der Waals surface area contributed by atoms with Gasteiger partial charge in [-0.3, -0.25) is 4.79 Å². The molecule has 1 atom stereocenters. The molecule has 1 unspecified atom stereocenters. The standard InChI is InChI=1S/C11H24N2O3S/c1-4-7-13-11(14)9-17(15,16)8-6-10(3)12-5-2/h10,12H,4-9H2,1-3H3,(H,13,14). The SMILES string of the molecule is CCCNC(=O)CS(=O)(=O)CCC(C)NCC. The van der Waals surface area contributed by atoms with Crippen molar-refractivity contribution < 1.29 is 13.2 Å². The predicted molar refractivity (Wildman–Crippen MR) is 69.7 cm³/mol. The van der Waals surface area contributed by atoms with E-state index in [0.29, 0.717) is 13.0 Å². The summed E-state index contributed by atoms with van der Waals surface area (Å²) in [5.41, 5.74) is 0. The topological polar surface area (TPSA) is 75.3 Å². The molecule has 0 heterocycles. The molecule has 0 aromatic rings. The highest BCUT2D eigenvalue weighted by molar-refractivity contribution is 7.92. The predicted octanol–water partition coefficient (Wildman–Crippen LogP) is 0.316. The summed E-state index contributed by atoms with van der Waals surface area (Å²) >= 11 is 0. The van der Waals surface area contributed by atoms with Crippen LogP contribution in [0.3, 0.4) is 0 Å². The van der Waals surface area contributed by atoms with Crippen molar-refractivity contribution >= 4 is 15.7 Å². The van der Waals surface area contributed by atoms with Gasteiger partial charge in [-0.05, 0) is 26.3 Å². The van der Waals surface area contributed by atoms with Crippen molar-refractivity contribution in [2.24, 2.45) is 0 Å². The van der Waals surface area contributed by atoms with E-state index in [1.54, 1.807) is 0 Å². The van der Waals surface area contributed by atoms with Crippen molar-refractivity contribution in [2.75, 3.05) is 24.6 Å². The summed E-state index contributed by atoms with van der Waals surface area (Å²) in [5, 5.41) is 5.71. The van der Waals surface area contributed by atoms with Gasteiger partial charge in [-0.15, -0.1) is 0 Å². The van der Waals surface area contributed by atoms with E-state index in [2.05, 4.69) is 10.6 Å². The molecule has 0 aliphatic carbocycles. The third kappa shape index (κ3) is 9.12. The van der Waals surface area contributed by atoms with E-state index in [9.17, 15) is 13.2 Å². The second-order valence-electron chi connectivity index (χ2n) is 4.19. The lowest BCUT2D eigenvalue weighted by Crippen LogP contribution is -2.33. The average molecular weight is 264 g/mol. The van der Waals surface area contributed by atoms with E-state index in [1.807, 2.05) is 20.8 Å². The van der Waals surface area contributed by atoms with E-state index >= 15 is 0 Å². The molecule has 0 saturated carbocycles. The Morgan fingerprint density at radius 3 is 2.47 bits per heavy atom. The van der Waals surface area contributed by atoms with E-state index < -0.39 is 21.5 Å². The zero-order chi connectivity index (χ0) is 13.3. The first-order chi connectivity index (χ1) is 7.91. The molecule has 0 radical (unpaired) electrons. The number of rotatable bonds is 9. The number of hydrogen-bond acceptors (Lipinski definition) is 4. The molecule has 6 heteroatoms. The van der Waals surface area contributed by atoms with E-state index in [1.165, 1.54) is 0 Å². The Bertz CT molecular complexity index is 315. The molecule has 0 aromatic heterocycles. The van der Waals surface area contributed by atoms with E-state index in [4.69, 9.17) is 0 Å².